The van der Waals surface area contributed by atoms with Crippen LogP contribution < -0.4 is 10.2 Å². The maximum absolute atomic E-state index is 4.52. The number of aromatic nitrogens is 2. The van der Waals surface area contributed by atoms with Crippen LogP contribution in [0.4, 0.5) is 11.5 Å². The average molecular weight is 256 g/mol. The van der Waals surface area contributed by atoms with Gasteiger partial charge in [-0.1, -0.05) is 6.07 Å². The topological polar surface area (TPSA) is 41.0 Å². The van der Waals surface area contributed by atoms with Gasteiger partial charge in [-0.25, -0.2) is 4.98 Å². The van der Waals surface area contributed by atoms with Crippen molar-refractivity contribution in [2.45, 2.75) is 20.4 Å². The fourth-order valence-corrected chi connectivity index (χ4v) is 1.96. The van der Waals surface area contributed by atoms with Crippen molar-refractivity contribution in [1.29, 1.82) is 0 Å². The molecule has 0 aliphatic rings. The fourth-order valence-electron chi connectivity index (χ4n) is 1.96. The molecule has 0 aliphatic heterocycles. The normalized spacial score (nSPS) is 10.3. The maximum atomic E-state index is 4.52. The molecule has 0 bridgehead atoms. The summed E-state index contributed by atoms with van der Waals surface area (Å²) in [4.78, 5) is 11.0. The van der Waals surface area contributed by atoms with Gasteiger partial charge in [0.05, 0.1) is 12.2 Å². The van der Waals surface area contributed by atoms with Crippen molar-refractivity contribution in [2.24, 2.45) is 0 Å². The van der Waals surface area contributed by atoms with Crippen LogP contribution in [0.15, 0.2) is 36.5 Å². The maximum Gasteiger partial charge on any atom is 0.127 e. The second-order valence-corrected chi connectivity index (χ2v) is 4.56. The number of aryl methyl sites for hydroxylation is 1. The van der Waals surface area contributed by atoms with E-state index in [2.05, 4.69) is 46.3 Å². The van der Waals surface area contributed by atoms with Crippen LogP contribution in [0, 0.1) is 6.92 Å². The Morgan fingerprint density at radius 1 is 1.26 bits per heavy atom. The van der Waals surface area contributed by atoms with Crippen LogP contribution in [0.2, 0.25) is 0 Å². The van der Waals surface area contributed by atoms with E-state index in [1.54, 1.807) is 0 Å². The molecule has 4 nitrogen and oxygen atoms in total. The second kappa shape index (κ2) is 6.18. The lowest BCUT2D eigenvalue weighted by Gasteiger charge is -2.19. The summed E-state index contributed by atoms with van der Waals surface area (Å²) >= 11 is 0. The standard InChI is InChI=1S/C15H20N4/c1-4-16-15-10-14(8-9-17-15)19(3)11-13-7-5-6-12(2)18-13/h5-10H,4,11H2,1-3H3,(H,16,17). The summed E-state index contributed by atoms with van der Waals surface area (Å²) in [6, 6.07) is 10.2. The summed E-state index contributed by atoms with van der Waals surface area (Å²) in [5.41, 5.74) is 3.26. The summed E-state index contributed by atoms with van der Waals surface area (Å²) in [7, 11) is 2.06. The number of rotatable bonds is 5. The zero-order valence-corrected chi connectivity index (χ0v) is 11.7. The molecule has 2 heterocycles. The average Bonchev–Trinajstić information content (AvgIpc) is 2.39. The van der Waals surface area contributed by atoms with Crippen molar-refractivity contribution < 1.29 is 0 Å². The van der Waals surface area contributed by atoms with Gasteiger partial charge in [0.1, 0.15) is 5.82 Å². The summed E-state index contributed by atoms with van der Waals surface area (Å²) in [6.07, 6.45) is 1.83. The van der Waals surface area contributed by atoms with Gasteiger partial charge in [0, 0.05) is 37.2 Å². The van der Waals surface area contributed by atoms with E-state index in [4.69, 9.17) is 0 Å². The van der Waals surface area contributed by atoms with Gasteiger partial charge >= 0.3 is 0 Å². The molecule has 0 fully saturated rings. The Bertz CT molecular complexity index is 539. The Morgan fingerprint density at radius 3 is 2.84 bits per heavy atom. The minimum Gasteiger partial charge on any atom is -0.370 e. The zero-order valence-electron chi connectivity index (χ0n) is 11.7. The molecule has 0 amide bonds. The minimum atomic E-state index is 0.789. The van der Waals surface area contributed by atoms with Gasteiger partial charge in [-0.05, 0) is 32.0 Å². The van der Waals surface area contributed by atoms with E-state index >= 15 is 0 Å². The molecule has 0 radical (unpaired) electrons. The first-order valence-corrected chi connectivity index (χ1v) is 6.52. The first-order chi connectivity index (χ1) is 9.19. The predicted octanol–water partition coefficient (Wildman–Crippen LogP) is 2.85. The smallest absolute Gasteiger partial charge is 0.127 e. The van der Waals surface area contributed by atoms with Crippen LogP contribution in [0.5, 0.6) is 0 Å². The van der Waals surface area contributed by atoms with E-state index in [-0.39, 0.29) is 0 Å². The third kappa shape index (κ3) is 3.68. The molecule has 4 heteroatoms. The highest BCUT2D eigenvalue weighted by atomic mass is 15.1. The van der Waals surface area contributed by atoms with E-state index in [1.807, 2.05) is 31.3 Å². The molecule has 1 N–H and O–H groups in total. The van der Waals surface area contributed by atoms with Gasteiger partial charge in [-0.3, -0.25) is 4.98 Å². The summed E-state index contributed by atoms with van der Waals surface area (Å²) in [6.45, 7) is 5.74. The zero-order chi connectivity index (χ0) is 13.7. The van der Waals surface area contributed by atoms with Gasteiger partial charge in [-0.15, -0.1) is 0 Å². The molecule has 0 aromatic carbocycles. The molecule has 0 saturated heterocycles. The lowest BCUT2D eigenvalue weighted by molar-refractivity contribution is 0.875. The Hall–Kier alpha value is -2.10. The van der Waals surface area contributed by atoms with Crippen LogP contribution in [-0.2, 0) is 6.54 Å². The Morgan fingerprint density at radius 2 is 2.11 bits per heavy atom. The molecule has 0 aliphatic carbocycles. The third-order valence-electron chi connectivity index (χ3n) is 2.89. The summed E-state index contributed by atoms with van der Waals surface area (Å²) in [5.74, 6) is 0.907. The molecule has 2 aromatic heterocycles. The van der Waals surface area contributed by atoms with Gasteiger partial charge in [-0.2, -0.15) is 0 Å². The highest BCUT2D eigenvalue weighted by Gasteiger charge is 2.04. The first-order valence-electron chi connectivity index (χ1n) is 6.52. The van der Waals surface area contributed by atoms with Crippen molar-refractivity contribution in [2.75, 3.05) is 23.8 Å². The highest BCUT2D eigenvalue weighted by Crippen LogP contribution is 2.17. The Labute approximate surface area is 114 Å². The number of anilines is 2. The molecule has 2 aromatic rings. The van der Waals surface area contributed by atoms with Crippen LogP contribution in [0.3, 0.4) is 0 Å². The lowest BCUT2D eigenvalue weighted by Crippen LogP contribution is -2.17. The molecule has 100 valence electrons. The van der Waals surface area contributed by atoms with Crippen molar-refractivity contribution >= 4 is 11.5 Å². The van der Waals surface area contributed by atoms with E-state index in [1.165, 1.54) is 0 Å². The SMILES string of the molecule is CCNc1cc(N(C)Cc2cccc(C)n2)ccn1. The molecule has 0 atom stereocenters. The predicted molar refractivity (Wildman–Crippen MR) is 79.5 cm³/mol. The summed E-state index contributed by atoms with van der Waals surface area (Å²) < 4.78 is 0. The third-order valence-corrected chi connectivity index (χ3v) is 2.89. The van der Waals surface area contributed by atoms with E-state index in [0.29, 0.717) is 0 Å². The van der Waals surface area contributed by atoms with Crippen LogP contribution in [0.1, 0.15) is 18.3 Å². The van der Waals surface area contributed by atoms with Crippen molar-refractivity contribution in [3.8, 4) is 0 Å². The second-order valence-electron chi connectivity index (χ2n) is 4.56. The number of hydrogen-bond donors (Lipinski definition) is 1. The van der Waals surface area contributed by atoms with Crippen molar-refractivity contribution in [1.82, 2.24) is 9.97 Å². The number of hydrogen-bond acceptors (Lipinski definition) is 4. The van der Waals surface area contributed by atoms with Crippen molar-refractivity contribution in [3.63, 3.8) is 0 Å². The summed E-state index contributed by atoms with van der Waals surface area (Å²) in [5, 5.41) is 3.22. The van der Waals surface area contributed by atoms with Crippen LogP contribution >= 0.6 is 0 Å². The molecule has 0 spiro atoms. The lowest BCUT2D eigenvalue weighted by atomic mass is 10.3. The largest absolute Gasteiger partial charge is 0.370 e. The van der Waals surface area contributed by atoms with E-state index in [0.717, 1.165) is 36.0 Å². The van der Waals surface area contributed by atoms with Crippen molar-refractivity contribution in [3.05, 3.63) is 47.9 Å². The minimum absolute atomic E-state index is 0.789. The van der Waals surface area contributed by atoms with E-state index in [9.17, 15) is 0 Å². The van der Waals surface area contributed by atoms with Gasteiger partial charge in [0.25, 0.3) is 0 Å². The molecule has 0 saturated carbocycles. The monoisotopic (exact) mass is 256 g/mol. The Balaban J connectivity index is 2.11. The number of nitrogens with one attached hydrogen (secondary N) is 1. The van der Waals surface area contributed by atoms with E-state index < -0.39 is 0 Å². The number of pyridine rings is 2. The molecule has 2 rings (SSSR count). The fraction of sp³-hybridized carbons (Fsp3) is 0.333. The van der Waals surface area contributed by atoms with Crippen LogP contribution in [0.25, 0.3) is 0 Å². The van der Waals surface area contributed by atoms with Gasteiger partial charge < -0.3 is 10.2 Å². The molecular formula is C15H20N4. The first kappa shape index (κ1) is 13.3. The van der Waals surface area contributed by atoms with Gasteiger partial charge in [0.15, 0.2) is 0 Å². The molecular weight excluding hydrogens is 236 g/mol. The molecule has 0 unspecified atom stereocenters. The number of nitrogens with zero attached hydrogens (tertiary/aromatic N) is 3. The van der Waals surface area contributed by atoms with Gasteiger partial charge in [0.2, 0.25) is 0 Å². The van der Waals surface area contributed by atoms with Crippen LogP contribution in [-0.4, -0.2) is 23.6 Å². The Kier molecular flexibility index (Phi) is 4.34. The molecule has 19 heavy (non-hydrogen) atoms. The quantitative estimate of drug-likeness (QED) is 0.893. The highest BCUT2D eigenvalue weighted by molar-refractivity contribution is 5.53.